The highest BCUT2D eigenvalue weighted by Crippen LogP contribution is 2.24. The lowest BCUT2D eigenvalue weighted by Gasteiger charge is -2.20. The highest BCUT2D eigenvalue weighted by Gasteiger charge is 2.13. The van der Waals surface area contributed by atoms with E-state index in [1.54, 1.807) is 0 Å². The Morgan fingerprint density at radius 2 is 1.86 bits per heavy atom. The van der Waals surface area contributed by atoms with Crippen molar-refractivity contribution in [2.45, 2.75) is 39.2 Å². The molecule has 0 saturated carbocycles. The predicted octanol–water partition coefficient (Wildman–Crippen LogP) is 5.29. The molecule has 0 bridgehead atoms. The van der Waals surface area contributed by atoms with E-state index in [0.717, 1.165) is 25.8 Å². The monoisotopic (exact) mass is 345 g/mol. The molecule has 1 atom stereocenters. The van der Waals surface area contributed by atoms with Gasteiger partial charge in [-0.05, 0) is 48.6 Å². The Morgan fingerprint density at radius 1 is 1.05 bits per heavy atom. The van der Waals surface area contributed by atoms with Crippen LogP contribution in [0, 0.1) is 0 Å². The molecule has 0 aliphatic carbocycles. The van der Waals surface area contributed by atoms with E-state index in [1.165, 1.54) is 21.2 Å². The van der Waals surface area contributed by atoms with Crippen LogP contribution in [0.4, 0.5) is 0 Å². The number of hydrogen-bond donors (Lipinski definition) is 1. The second kappa shape index (κ2) is 8.35. The van der Waals surface area contributed by atoms with E-state index >= 15 is 0 Å². The molecule has 21 heavy (non-hydrogen) atoms. The molecule has 0 radical (unpaired) electrons. The van der Waals surface area contributed by atoms with E-state index in [-0.39, 0.29) is 0 Å². The van der Waals surface area contributed by atoms with E-state index in [1.807, 2.05) is 0 Å². The van der Waals surface area contributed by atoms with Crippen LogP contribution in [0.25, 0.3) is 0 Å². The number of aryl methyl sites for hydroxylation is 1. The van der Waals surface area contributed by atoms with E-state index in [0.29, 0.717) is 6.04 Å². The maximum absolute atomic E-state index is 3.69. The Morgan fingerprint density at radius 3 is 2.57 bits per heavy atom. The van der Waals surface area contributed by atoms with Crippen LogP contribution in [0.3, 0.4) is 0 Å². The summed E-state index contributed by atoms with van der Waals surface area (Å²) in [5.41, 5.74) is 4.15. The van der Waals surface area contributed by atoms with E-state index in [4.69, 9.17) is 0 Å². The lowest BCUT2D eigenvalue weighted by molar-refractivity contribution is 0.528. The molecule has 0 spiro atoms. The Hall–Kier alpha value is -1.12. The second-order valence-corrected chi connectivity index (χ2v) is 6.26. The Kier molecular flexibility index (Phi) is 6.47. The van der Waals surface area contributed by atoms with Gasteiger partial charge < -0.3 is 5.32 Å². The largest absolute Gasteiger partial charge is 0.310 e. The van der Waals surface area contributed by atoms with Crippen molar-refractivity contribution < 1.29 is 0 Å². The van der Waals surface area contributed by atoms with Gasteiger partial charge in [0.15, 0.2) is 0 Å². The van der Waals surface area contributed by atoms with Gasteiger partial charge in [-0.15, -0.1) is 0 Å². The van der Waals surface area contributed by atoms with Crippen LogP contribution >= 0.6 is 15.9 Å². The summed E-state index contributed by atoms with van der Waals surface area (Å²) in [6.45, 7) is 5.47. The van der Waals surface area contributed by atoms with Gasteiger partial charge in [0.1, 0.15) is 0 Å². The van der Waals surface area contributed by atoms with Crippen LogP contribution in [0.2, 0.25) is 0 Å². The van der Waals surface area contributed by atoms with Crippen molar-refractivity contribution in [3.8, 4) is 0 Å². The van der Waals surface area contributed by atoms with Crippen molar-refractivity contribution in [1.29, 1.82) is 0 Å². The first-order valence-corrected chi connectivity index (χ1v) is 8.59. The summed E-state index contributed by atoms with van der Waals surface area (Å²) in [7, 11) is 0. The third kappa shape index (κ3) is 4.69. The van der Waals surface area contributed by atoms with Gasteiger partial charge in [0.25, 0.3) is 0 Å². The maximum atomic E-state index is 3.69. The van der Waals surface area contributed by atoms with Crippen LogP contribution in [-0.2, 0) is 12.8 Å². The summed E-state index contributed by atoms with van der Waals surface area (Å²) in [5.74, 6) is 0. The van der Waals surface area contributed by atoms with Crippen LogP contribution in [0.1, 0.15) is 43.0 Å². The van der Waals surface area contributed by atoms with Crippen molar-refractivity contribution in [2.24, 2.45) is 0 Å². The first kappa shape index (κ1) is 16.3. The van der Waals surface area contributed by atoms with Gasteiger partial charge in [-0.3, -0.25) is 0 Å². The molecular formula is C19H24BrN. The zero-order chi connectivity index (χ0) is 15.1. The van der Waals surface area contributed by atoms with Crippen molar-refractivity contribution in [2.75, 3.05) is 6.54 Å². The highest BCUT2D eigenvalue weighted by atomic mass is 79.9. The fourth-order valence-electron chi connectivity index (χ4n) is 2.54. The molecule has 2 heteroatoms. The second-order valence-electron chi connectivity index (χ2n) is 5.40. The van der Waals surface area contributed by atoms with Crippen molar-refractivity contribution in [1.82, 2.24) is 5.32 Å². The lowest BCUT2D eigenvalue weighted by Crippen LogP contribution is -2.24. The molecule has 2 rings (SSSR count). The summed E-state index contributed by atoms with van der Waals surface area (Å²) in [5, 5.41) is 3.69. The average molecular weight is 346 g/mol. The van der Waals surface area contributed by atoms with Gasteiger partial charge in [0.2, 0.25) is 0 Å². The number of nitrogens with one attached hydrogen (secondary N) is 1. The molecule has 1 nitrogen and oxygen atoms in total. The van der Waals surface area contributed by atoms with E-state index in [9.17, 15) is 0 Å². The standard InChI is InChI=1S/C19H24BrN/c1-3-12-21-19(14-16-9-5-6-11-18(16)20)17-10-7-8-15(4-2)13-17/h5-11,13,19,21H,3-4,12,14H2,1-2H3. The Labute approximate surface area is 136 Å². The Bertz CT molecular complexity index is 565. The number of hydrogen-bond acceptors (Lipinski definition) is 1. The van der Waals surface area contributed by atoms with Gasteiger partial charge in [-0.2, -0.15) is 0 Å². The molecule has 0 saturated heterocycles. The summed E-state index contributed by atoms with van der Waals surface area (Å²) in [6, 6.07) is 17.8. The summed E-state index contributed by atoms with van der Waals surface area (Å²) < 4.78 is 1.19. The molecular weight excluding hydrogens is 322 g/mol. The normalized spacial score (nSPS) is 12.3. The van der Waals surface area contributed by atoms with Crippen molar-refractivity contribution in [3.63, 3.8) is 0 Å². The molecule has 0 aromatic heterocycles. The van der Waals surface area contributed by atoms with Crippen LogP contribution < -0.4 is 5.32 Å². The summed E-state index contributed by atoms with van der Waals surface area (Å²) >= 11 is 3.67. The van der Waals surface area contributed by atoms with E-state index in [2.05, 4.69) is 83.6 Å². The molecule has 0 heterocycles. The molecule has 0 aliphatic rings. The van der Waals surface area contributed by atoms with Gasteiger partial charge >= 0.3 is 0 Å². The van der Waals surface area contributed by atoms with Crippen LogP contribution in [-0.4, -0.2) is 6.54 Å². The number of rotatable bonds is 7. The van der Waals surface area contributed by atoms with Crippen LogP contribution in [0.5, 0.6) is 0 Å². The number of benzene rings is 2. The minimum atomic E-state index is 0.371. The van der Waals surface area contributed by atoms with Crippen molar-refractivity contribution in [3.05, 3.63) is 69.7 Å². The first-order chi connectivity index (χ1) is 10.2. The molecule has 112 valence electrons. The summed E-state index contributed by atoms with van der Waals surface area (Å²) in [6.07, 6.45) is 3.25. The zero-order valence-electron chi connectivity index (χ0n) is 12.9. The minimum absolute atomic E-state index is 0.371. The SMILES string of the molecule is CCCNC(Cc1ccccc1Br)c1cccc(CC)c1. The molecule has 1 N–H and O–H groups in total. The molecule has 0 fully saturated rings. The predicted molar refractivity (Wildman–Crippen MR) is 94.7 cm³/mol. The highest BCUT2D eigenvalue weighted by molar-refractivity contribution is 9.10. The third-order valence-electron chi connectivity index (χ3n) is 3.78. The lowest BCUT2D eigenvalue weighted by atomic mass is 9.96. The summed E-state index contributed by atoms with van der Waals surface area (Å²) in [4.78, 5) is 0. The fourth-order valence-corrected chi connectivity index (χ4v) is 2.99. The molecule has 1 unspecified atom stereocenters. The molecule has 0 aliphatic heterocycles. The molecule has 2 aromatic carbocycles. The first-order valence-electron chi connectivity index (χ1n) is 7.80. The van der Waals surface area contributed by atoms with Crippen LogP contribution in [0.15, 0.2) is 53.0 Å². The van der Waals surface area contributed by atoms with Crippen molar-refractivity contribution >= 4 is 15.9 Å². The maximum Gasteiger partial charge on any atom is 0.0361 e. The Balaban J connectivity index is 2.23. The molecule has 0 amide bonds. The van der Waals surface area contributed by atoms with Gasteiger partial charge in [0, 0.05) is 10.5 Å². The average Bonchev–Trinajstić information content (AvgIpc) is 2.53. The topological polar surface area (TPSA) is 12.0 Å². The van der Waals surface area contributed by atoms with Gasteiger partial charge in [-0.1, -0.05) is 72.2 Å². The van der Waals surface area contributed by atoms with Gasteiger partial charge in [-0.25, -0.2) is 0 Å². The minimum Gasteiger partial charge on any atom is -0.310 e. The molecule has 2 aromatic rings. The third-order valence-corrected chi connectivity index (χ3v) is 4.56. The smallest absolute Gasteiger partial charge is 0.0361 e. The van der Waals surface area contributed by atoms with E-state index < -0.39 is 0 Å². The number of halogens is 1. The zero-order valence-corrected chi connectivity index (χ0v) is 14.5. The van der Waals surface area contributed by atoms with Gasteiger partial charge in [0.05, 0.1) is 0 Å². The quantitative estimate of drug-likeness (QED) is 0.718. The fraction of sp³-hybridized carbons (Fsp3) is 0.368.